The fourth-order valence-corrected chi connectivity index (χ4v) is 1.28. The van der Waals surface area contributed by atoms with Gasteiger partial charge in [0.1, 0.15) is 0 Å². The van der Waals surface area contributed by atoms with Crippen molar-refractivity contribution in [2.45, 2.75) is 25.9 Å². The van der Waals surface area contributed by atoms with E-state index >= 15 is 0 Å². The minimum absolute atomic E-state index is 0.00539. The number of methoxy groups -OCH3 is 1. The largest absolute Gasteiger partial charge is 0.479 e. The van der Waals surface area contributed by atoms with Gasteiger partial charge in [0.15, 0.2) is 5.60 Å². The van der Waals surface area contributed by atoms with E-state index in [1.165, 1.54) is 7.11 Å². The number of rotatable bonds is 8. The molecule has 2 N–H and O–H groups in total. The molecule has 0 fully saturated rings. The monoisotopic (exact) mass is 220 g/mol. The van der Waals surface area contributed by atoms with E-state index in [0.29, 0.717) is 6.42 Å². The van der Waals surface area contributed by atoms with Crippen LogP contribution in [-0.4, -0.2) is 48.7 Å². The number of carboxylic acids is 1. The molecule has 0 heterocycles. The zero-order valence-electron chi connectivity index (χ0n) is 9.52. The fraction of sp³-hybridized carbons (Fsp3) is 0.900. The third kappa shape index (κ3) is 3.77. The van der Waals surface area contributed by atoms with Gasteiger partial charge in [-0.3, -0.25) is 0 Å². The highest BCUT2D eigenvalue weighted by molar-refractivity contribution is 5.78. The predicted octanol–water partition coefficient (Wildman–Crippen LogP) is 0.511. The highest BCUT2D eigenvalue weighted by Gasteiger charge is 2.43. The van der Waals surface area contributed by atoms with Crippen molar-refractivity contribution in [2.75, 3.05) is 26.9 Å². The van der Waals surface area contributed by atoms with Crippen LogP contribution in [0.2, 0.25) is 0 Å². The van der Waals surface area contributed by atoms with E-state index in [1.54, 1.807) is 13.8 Å². The zero-order valence-corrected chi connectivity index (χ0v) is 9.52. The van der Waals surface area contributed by atoms with Crippen molar-refractivity contribution in [3.05, 3.63) is 0 Å². The van der Waals surface area contributed by atoms with Gasteiger partial charge in [0, 0.05) is 13.7 Å². The Morgan fingerprint density at radius 2 is 2.07 bits per heavy atom. The van der Waals surface area contributed by atoms with Gasteiger partial charge in [0.25, 0.3) is 0 Å². The average molecular weight is 220 g/mol. The van der Waals surface area contributed by atoms with Crippen molar-refractivity contribution in [3.63, 3.8) is 0 Å². The Bertz CT molecular complexity index is 192. The summed E-state index contributed by atoms with van der Waals surface area (Å²) in [7, 11) is 1.44. The van der Waals surface area contributed by atoms with E-state index in [4.69, 9.17) is 19.7 Å². The molecule has 0 aliphatic carbocycles. The first-order chi connectivity index (χ1) is 7.01. The van der Waals surface area contributed by atoms with Crippen LogP contribution < -0.4 is 0 Å². The summed E-state index contributed by atoms with van der Waals surface area (Å²) in [5.41, 5.74) is -1.32. The van der Waals surface area contributed by atoms with Gasteiger partial charge in [-0.15, -0.1) is 0 Å². The molecule has 0 aromatic carbocycles. The summed E-state index contributed by atoms with van der Waals surface area (Å²) in [6, 6.07) is 0. The smallest absolute Gasteiger partial charge is 0.338 e. The molecular weight excluding hydrogens is 200 g/mol. The van der Waals surface area contributed by atoms with Crippen molar-refractivity contribution in [3.8, 4) is 0 Å². The van der Waals surface area contributed by atoms with Crippen LogP contribution in [0.1, 0.15) is 20.3 Å². The molecule has 0 aromatic rings. The lowest BCUT2D eigenvalue weighted by atomic mass is 9.91. The van der Waals surface area contributed by atoms with Crippen molar-refractivity contribution in [1.82, 2.24) is 0 Å². The molecule has 0 saturated heterocycles. The molecule has 5 heteroatoms. The second-order valence-corrected chi connectivity index (χ2v) is 3.71. The van der Waals surface area contributed by atoms with E-state index in [0.717, 1.165) is 0 Å². The Balaban J connectivity index is 4.56. The van der Waals surface area contributed by atoms with Gasteiger partial charge in [0.2, 0.25) is 0 Å². The van der Waals surface area contributed by atoms with Crippen LogP contribution in [0, 0.1) is 5.92 Å². The first-order valence-corrected chi connectivity index (χ1v) is 4.98. The maximum absolute atomic E-state index is 11.2. The third-order valence-corrected chi connectivity index (χ3v) is 2.32. The molecular formula is C10H20O5. The number of ether oxygens (including phenoxy) is 2. The Hall–Kier alpha value is -0.650. The summed E-state index contributed by atoms with van der Waals surface area (Å²) in [6.07, 6.45) is 0.422. The van der Waals surface area contributed by atoms with E-state index < -0.39 is 11.6 Å². The van der Waals surface area contributed by atoms with E-state index in [-0.39, 0.29) is 25.7 Å². The molecule has 0 spiro atoms. The Morgan fingerprint density at radius 3 is 2.40 bits per heavy atom. The normalized spacial score (nSPS) is 15.3. The molecule has 0 aromatic heterocycles. The Kier molecular flexibility index (Phi) is 6.47. The van der Waals surface area contributed by atoms with Gasteiger partial charge >= 0.3 is 5.97 Å². The molecule has 0 bridgehead atoms. The summed E-state index contributed by atoms with van der Waals surface area (Å²) < 4.78 is 10.2. The van der Waals surface area contributed by atoms with Gasteiger partial charge < -0.3 is 19.7 Å². The van der Waals surface area contributed by atoms with Gasteiger partial charge in [0.05, 0.1) is 13.2 Å². The highest BCUT2D eigenvalue weighted by atomic mass is 16.6. The second kappa shape index (κ2) is 6.76. The lowest BCUT2D eigenvalue weighted by Crippen LogP contribution is -2.50. The minimum Gasteiger partial charge on any atom is -0.479 e. The highest BCUT2D eigenvalue weighted by Crippen LogP contribution is 2.23. The number of hydrogen-bond donors (Lipinski definition) is 2. The maximum Gasteiger partial charge on any atom is 0.338 e. The summed E-state index contributed by atoms with van der Waals surface area (Å²) in [6.45, 7) is 3.74. The maximum atomic E-state index is 11.2. The second-order valence-electron chi connectivity index (χ2n) is 3.71. The molecule has 0 rings (SSSR count). The number of hydrogen-bond acceptors (Lipinski definition) is 4. The molecule has 5 nitrogen and oxygen atoms in total. The molecule has 0 amide bonds. The minimum atomic E-state index is -1.32. The molecule has 1 atom stereocenters. The number of aliphatic carboxylic acids is 1. The number of carboxylic acid groups (broad SMARTS) is 1. The topological polar surface area (TPSA) is 76.0 Å². The number of aliphatic hydroxyl groups is 1. The molecule has 15 heavy (non-hydrogen) atoms. The van der Waals surface area contributed by atoms with Crippen LogP contribution in [0.5, 0.6) is 0 Å². The lowest BCUT2D eigenvalue weighted by Gasteiger charge is -2.32. The SMILES string of the molecule is COCC(OCCCO)(C(=O)O)C(C)C. The van der Waals surface area contributed by atoms with E-state index in [9.17, 15) is 4.79 Å². The first kappa shape index (κ1) is 14.3. The van der Waals surface area contributed by atoms with Crippen LogP contribution in [0.4, 0.5) is 0 Å². The van der Waals surface area contributed by atoms with Crippen LogP contribution in [-0.2, 0) is 14.3 Å². The van der Waals surface area contributed by atoms with Crippen LogP contribution in [0.3, 0.4) is 0 Å². The molecule has 0 aliphatic rings. The number of carbonyl (C=O) groups is 1. The molecule has 90 valence electrons. The van der Waals surface area contributed by atoms with Crippen LogP contribution >= 0.6 is 0 Å². The molecule has 0 aliphatic heterocycles. The molecule has 0 radical (unpaired) electrons. The zero-order chi connectivity index (χ0) is 11.9. The quantitative estimate of drug-likeness (QED) is 0.583. The van der Waals surface area contributed by atoms with Crippen LogP contribution in [0.15, 0.2) is 0 Å². The van der Waals surface area contributed by atoms with Gasteiger partial charge in [-0.2, -0.15) is 0 Å². The van der Waals surface area contributed by atoms with Crippen molar-refractivity contribution in [2.24, 2.45) is 5.92 Å². The van der Waals surface area contributed by atoms with Crippen LogP contribution in [0.25, 0.3) is 0 Å². The van der Waals surface area contributed by atoms with Gasteiger partial charge in [-0.1, -0.05) is 13.8 Å². The van der Waals surface area contributed by atoms with Crippen molar-refractivity contribution in [1.29, 1.82) is 0 Å². The van der Waals surface area contributed by atoms with Gasteiger partial charge in [-0.25, -0.2) is 4.79 Å². The van der Waals surface area contributed by atoms with E-state index in [2.05, 4.69) is 0 Å². The summed E-state index contributed by atoms with van der Waals surface area (Å²) >= 11 is 0. The summed E-state index contributed by atoms with van der Waals surface area (Å²) in [5.74, 6) is -1.23. The number of aliphatic hydroxyl groups excluding tert-OH is 1. The van der Waals surface area contributed by atoms with E-state index in [1.807, 2.05) is 0 Å². The summed E-state index contributed by atoms with van der Waals surface area (Å²) in [5, 5.41) is 17.8. The Morgan fingerprint density at radius 1 is 1.47 bits per heavy atom. The molecule has 1 unspecified atom stereocenters. The first-order valence-electron chi connectivity index (χ1n) is 4.98. The standard InChI is InChI=1S/C10H20O5/c1-8(2)10(7-14-3,9(12)13)15-6-4-5-11/h8,11H,4-7H2,1-3H3,(H,12,13). The van der Waals surface area contributed by atoms with Crippen molar-refractivity contribution >= 4 is 5.97 Å². The fourth-order valence-electron chi connectivity index (χ4n) is 1.28. The lowest BCUT2D eigenvalue weighted by molar-refractivity contribution is -0.182. The third-order valence-electron chi connectivity index (χ3n) is 2.32. The van der Waals surface area contributed by atoms with Gasteiger partial charge in [-0.05, 0) is 12.3 Å². The average Bonchev–Trinajstić information content (AvgIpc) is 2.15. The summed E-state index contributed by atoms with van der Waals surface area (Å²) in [4.78, 5) is 11.2. The predicted molar refractivity (Wildman–Crippen MR) is 54.7 cm³/mol. The molecule has 0 saturated carbocycles. The Labute approximate surface area is 90.0 Å². The van der Waals surface area contributed by atoms with Crippen molar-refractivity contribution < 1.29 is 24.5 Å².